The number of benzene rings is 1. The zero-order valence-electron chi connectivity index (χ0n) is 17.8. The van der Waals surface area contributed by atoms with Crippen LogP contribution in [0.4, 0.5) is 0 Å². The van der Waals surface area contributed by atoms with Crippen LogP contribution in [0.3, 0.4) is 0 Å². The Kier molecular flexibility index (Phi) is 7.24. The fourth-order valence-corrected chi connectivity index (χ4v) is 4.49. The molecule has 1 aromatic carbocycles. The first-order valence-electron chi connectivity index (χ1n) is 10.6. The van der Waals surface area contributed by atoms with Gasteiger partial charge in [-0.3, -0.25) is 14.5 Å². The van der Waals surface area contributed by atoms with Gasteiger partial charge in [-0.1, -0.05) is 49.4 Å². The predicted octanol–water partition coefficient (Wildman–Crippen LogP) is 4.08. The van der Waals surface area contributed by atoms with E-state index in [-0.39, 0.29) is 11.4 Å². The minimum atomic E-state index is 0.0637. The molecule has 0 unspecified atom stereocenters. The number of aryl methyl sites for hydroxylation is 1. The highest BCUT2D eigenvalue weighted by Gasteiger charge is 2.33. The van der Waals surface area contributed by atoms with E-state index in [1.165, 1.54) is 25.7 Å². The largest absolute Gasteiger partial charge is 0.354 e. The summed E-state index contributed by atoms with van der Waals surface area (Å²) in [7, 11) is 4.27. The fraction of sp³-hybridized carbons (Fsp3) is 0.591. The standard InChI is InChI=1S/C22H33N5OS/c1-17-9-8-10-18(15-17)20-24-25-21(29)27(20)14-11-19(28)23-16-22(26(2)3)12-6-4-5-7-13-22/h8-10,15H,4-7,11-14,16H2,1-3H3,(H,23,28)(H,25,29). The topological polar surface area (TPSA) is 66.0 Å². The molecule has 1 aliphatic carbocycles. The number of H-pyrrole nitrogens is 1. The highest BCUT2D eigenvalue weighted by Crippen LogP contribution is 2.30. The Morgan fingerprint density at radius 2 is 2.00 bits per heavy atom. The zero-order chi connectivity index (χ0) is 20.9. The summed E-state index contributed by atoms with van der Waals surface area (Å²) < 4.78 is 2.46. The summed E-state index contributed by atoms with van der Waals surface area (Å²) in [5.74, 6) is 0.841. The highest BCUT2D eigenvalue weighted by atomic mass is 32.1. The fourth-order valence-electron chi connectivity index (χ4n) is 4.26. The van der Waals surface area contributed by atoms with Gasteiger partial charge >= 0.3 is 0 Å². The molecule has 158 valence electrons. The molecule has 1 aromatic heterocycles. The van der Waals surface area contributed by atoms with Gasteiger partial charge in [-0.15, -0.1) is 0 Å². The number of aromatic nitrogens is 3. The van der Waals surface area contributed by atoms with E-state index in [1.54, 1.807) is 0 Å². The van der Waals surface area contributed by atoms with Crippen LogP contribution >= 0.6 is 12.2 Å². The van der Waals surface area contributed by atoms with Crippen LogP contribution in [-0.2, 0) is 11.3 Å². The van der Waals surface area contributed by atoms with Crippen LogP contribution in [0.25, 0.3) is 11.4 Å². The molecule has 6 nitrogen and oxygen atoms in total. The molecule has 0 aliphatic heterocycles. The molecule has 0 spiro atoms. The molecule has 0 atom stereocenters. The van der Waals surface area contributed by atoms with E-state index in [0.717, 1.165) is 29.8 Å². The first-order valence-corrected chi connectivity index (χ1v) is 11.0. The van der Waals surface area contributed by atoms with E-state index >= 15 is 0 Å². The molecule has 0 radical (unpaired) electrons. The van der Waals surface area contributed by atoms with Gasteiger partial charge in [0, 0.05) is 30.6 Å². The second-order valence-corrected chi connectivity index (χ2v) is 8.82. The minimum absolute atomic E-state index is 0.0637. The first-order chi connectivity index (χ1) is 13.9. The average Bonchev–Trinajstić information content (AvgIpc) is 2.90. The van der Waals surface area contributed by atoms with E-state index < -0.39 is 0 Å². The van der Waals surface area contributed by atoms with Crippen LogP contribution in [0, 0.1) is 11.7 Å². The van der Waals surface area contributed by atoms with Crippen molar-refractivity contribution < 1.29 is 4.79 Å². The molecule has 3 rings (SSSR count). The normalized spacial score (nSPS) is 16.6. The van der Waals surface area contributed by atoms with Gasteiger partial charge in [0.05, 0.1) is 0 Å². The summed E-state index contributed by atoms with van der Waals surface area (Å²) in [4.78, 5) is 14.9. The van der Waals surface area contributed by atoms with Crippen molar-refractivity contribution >= 4 is 18.1 Å². The Balaban J connectivity index is 1.63. The van der Waals surface area contributed by atoms with Crippen LogP contribution in [0.2, 0.25) is 0 Å². The Morgan fingerprint density at radius 3 is 2.66 bits per heavy atom. The maximum Gasteiger partial charge on any atom is 0.221 e. The molecule has 2 aromatic rings. The lowest BCUT2D eigenvalue weighted by Gasteiger charge is -2.39. The SMILES string of the molecule is Cc1cccc(-c2n[nH]c(=S)n2CCC(=O)NCC2(N(C)C)CCCCCC2)c1. The zero-order valence-corrected chi connectivity index (χ0v) is 18.6. The lowest BCUT2D eigenvalue weighted by atomic mass is 9.88. The monoisotopic (exact) mass is 415 g/mol. The average molecular weight is 416 g/mol. The molecule has 0 saturated heterocycles. The summed E-state index contributed by atoms with van der Waals surface area (Å²) in [5.41, 5.74) is 2.24. The van der Waals surface area contributed by atoms with E-state index in [1.807, 2.05) is 16.7 Å². The van der Waals surface area contributed by atoms with Gasteiger partial charge in [-0.25, -0.2) is 0 Å². The molecular weight excluding hydrogens is 382 g/mol. The molecule has 7 heteroatoms. The Labute approximate surface area is 178 Å². The summed E-state index contributed by atoms with van der Waals surface area (Å²) in [5, 5.41) is 10.4. The number of carbonyl (C=O) groups is 1. The molecule has 1 saturated carbocycles. The maximum absolute atomic E-state index is 12.6. The molecule has 29 heavy (non-hydrogen) atoms. The number of nitrogens with zero attached hydrogens (tertiary/aromatic N) is 3. The van der Waals surface area contributed by atoms with Crippen LogP contribution in [0.5, 0.6) is 0 Å². The van der Waals surface area contributed by atoms with Gasteiger partial charge in [0.2, 0.25) is 5.91 Å². The minimum Gasteiger partial charge on any atom is -0.354 e. The lowest BCUT2D eigenvalue weighted by molar-refractivity contribution is -0.122. The van der Waals surface area contributed by atoms with E-state index in [0.29, 0.717) is 24.3 Å². The van der Waals surface area contributed by atoms with Crippen molar-refractivity contribution in [2.24, 2.45) is 0 Å². The quantitative estimate of drug-likeness (QED) is 0.528. The van der Waals surface area contributed by atoms with Crippen molar-refractivity contribution in [2.75, 3.05) is 20.6 Å². The Morgan fingerprint density at radius 1 is 1.28 bits per heavy atom. The lowest BCUT2D eigenvalue weighted by Crippen LogP contribution is -2.52. The third-order valence-corrected chi connectivity index (χ3v) is 6.51. The number of rotatable bonds is 7. The van der Waals surface area contributed by atoms with Gasteiger partial charge in [-0.2, -0.15) is 5.10 Å². The number of nitrogens with one attached hydrogen (secondary N) is 2. The van der Waals surface area contributed by atoms with Crippen molar-refractivity contribution in [3.05, 3.63) is 34.6 Å². The smallest absolute Gasteiger partial charge is 0.221 e. The number of hydrogen-bond donors (Lipinski definition) is 2. The maximum atomic E-state index is 12.6. The van der Waals surface area contributed by atoms with Crippen LogP contribution in [-0.4, -0.2) is 51.8 Å². The number of amides is 1. The third kappa shape index (κ3) is 5.34. The van der Waals surface area contributed by atoms with Gasteiger partial charge in [0.15, 0.2) is 10.6 Å². The summed E-state index contributed by atoms with van der Waals surface area (Å²) in [6.07, 6.45) is 7.73. The molecule has 1 aliphatic rings. The Bertz CT molecular complexity index is 877. The molecule has 1 amide bonds. The second kappa shape index (κ2) is 9.67. The first kappa shape index (κ1) is 21.7. The predicted molar refractivity (Wildman–Crippen MR) is 119 cm³/mol. The number of likely N-dealkylation sites (N-methyl/N-ethyl adjacent to an activating group) is 1. The molecular formula is C22H33N5OS. The molecule has 1 heterocycles. The molecule has 0 bridgehead atoms. The van der Waals surface area contributed by atoms with Crippen molar-refractivity contribution in [2.45, 2.75) is 64.0 Å². The summed E-state index contributed by atoms with van der Waals surface area (Å²) in [6, 6.07) is 8.15. The summed E-state index contributed by atoms with van der Waals surface area (Å²) >= 11 is 5.40. The van der Waals surface area contributed by atoms with E-state index in [9.17, 15) is 4.79 Å². The molecule has 1 fully saturated rings. The van der Waals surface area contributed by atoms with Gasteiger partial charge in [0.25, 0.3) is 0 Å². The van der Waals surface area contributed by atoms with Crippen LogP contribution < -0.4 is 5.32 Å². The van der Waals surface area contributed by atoms with Crippen molar-refractivity contribution in [1.29, 1.82) is 0 Å². The number of carbonyl (C=O) groups excluding carboxylic acids is 1. The Hall–Kier alpha value is -1.99. The van der Waals surface area contributed by atoms with Gasteiger partial charge in [-0.05, 0) is 52.1 Å². The van der Waals surface area contributed by atoms with Crippen LogP contribution in [0.1, 0.15) is 50.5 Å². The second-order valence-electron chi connectivity index (χ2n) is 8.43. The van der Waals surface area contributed by atoms with Crippen molar-refractivity contribution in [1.82, 2.24) is 25.0 Å². The molecule has 2 N–H and O–H groups in total. The van der Waals surface area contributed by atoms with Crippen molar-refractivity contribution in [3.63, 3.8) is 0 Å². The van der Waals surface area contributed by atoms with E-state index in [2.05, 4.69) is 53.6 Å². The highest BCUT2D eigenvalue weighted by molar-refractivity contribution is 7.71. The number of hydrogen-bond acceptors (Lipinski definition) is 4. The number of aromatic amines is 1. The van der Waals surface area contributed by atoms with Gasteiger partial charge < -0.3 is 10.2 Å². The van der Waals surface area contributed by atoms with Gasteiger partial charge in [0.1, 0.15) is 0 Å². The van der Waals surface area contributed by atoms with Crippen LogP contribution in [0.15, 0.2) is 24.3 Å². The summed E-state index contributed by atoms with van der Waals surface area (Å²) in [6.45, 7) is 3.27. The van der Waals surface area contributed by atoms with E-state index in [4.69, 9.17) is 12.2 Å². The van der Waals surface area contributed by atoms with Crippen molar-refractivity contribution in [3.8, 4) is 11.4 Å². The third-order valence-electron chi connectivity index (χ3n) is 6.19.